The number of halogens is 1. The first-order valence-corrected chi connectivity index (χ1v) is 12.2. The van der Waals surface area contributed by atoms with Crippen LogP contribution in [0.25, 0.3) is 0 Å². The summed E-state index contributed by atoms with van der Waals surface area (Å²) in [5.74, 6) is 0. The van der Waals surface area contributed by atoms with Crippen molar-refractivity contribution in [1.82, 2.24) is 0 Å². The zero-order valence-electron chi connectivity index (χ0n) is 14.9. The molecule has 1 aliphatic rings. The molecule has 0 fully saturated rings. The molecule has 0 amide bonds. The van der Waals surface area contributed by atoms with Crippen molar-refractivity contribution in [3.63, 3.8) is 0 Å². The molecule has 1 heterocycles. The van der Waals surface area contributed by atoms with E-state index >= 15 is 0 Å². The molecule has 1 N–H and O–H groups in total. The fourth-order valence-corrected chi connectivity index (χ4v) is 4.01. The average Bonchev–Trinajstić information content (AvgIpc) is 2.40. The van der Waals surface area contributed by atoms with Crippen molar-refractivity contribution in [3.05, 3.63) is 12.2 Å². The summed E-state index contributed by atoms with van der Waals surface area (Å²) in [4.78, 5) is 0.304. The molecule has 0 aromatic carbocycles. The van der Waals surface area contributed by atoms with E-state index in [1.165, 1.54) is 0 Å². The van der Waals surface area contributed by atoms with Gasteiger partial charge in [-0.15, -0.1) is 0 Å². The summed E-state index contributed by atoms with van der Waals surface area (Å²) in [5.41, 5.74) is 0. The normalized spacial score (nSPS) is 30.5. The van der Waals surface area contributed by atoms with Crippen LogP contribution in [0.4, 0.5) is 0 Å². The van der Waals surface area contributed by atoms with Crippen LogP contribution in [0.5, 0.6) is 0 Å². The molecule has 0 aromatic rings. The number of ether oxygens (including phenoxy) is 1. The maximum Gasteiger partial charge on any atom is 0.192 e. The van der Waals surface area contributed by atoms with Crippen molar-refractivity contribution >= 4 is 24.2 Å². The molecule has 5 heteroatoms. The Hall–Kier alpha value is 0.317. The van der Waals surface area contributed by atoms with E-state index in [-0.39, 0.29) is 30.0 Å². The van der Waals surface area contributed by atoms with E-state index in [0.29, 0.717) is 4.83 Å². The van der Waals surface area contributed by atoms with Gasteiger partial charge in [-0.1, -0.05) is 55.8 Å². The molecule has 0 saturated heterocycles. The largest absolute Gasteiger partial charge is 0.411 e. The lowest BCUT2D eigenvalue weighted by Gasteiger charge is -2.42. The number of aliphatic hydroxyl groups is 1. The monoisotopic (exact) mass is 392 g/mol. The number of aliphatic hydroxyl groups excluding tert-OH is 1. The summed E-state index contributed by atoms with van der Waals surface area (Å²) in [6.45, 7) is 13.4. The molecule has 0 aliphatic carbocycles. The number of hydrogen-bond donors (Lipinski definition) is 1. The summed E-state index contributed by atoms with van der Waals surface area (Å²) in [5, 5.41) is 9.97. The van der Waals surface area contributed by atoms with Crippen molar-refractivity contribution in [2.75, 3.05) is 6.61 Å². The standard InChI is InChI=1S/C17H33BrO3Si/c1-7-13(18)14-10-8-9-11-15(16(12-19)20-14)21-22(5,6)17(2,3)4/h8-9,13-16,19H,7,10-12H2,1-6H3/b9-8-/t13-,14+,15-,16-/m0/s1. The molecule has 0 bridgehead atoms. The molecule has 0 aromatic heterocycles. The Bertz CT molecular complexity index is 365. The third-order valence-electron chi connectivity index (χ3n) is 4.89. The van der Waals surface area contributed by atoms with Crippen molar-refractivity contribution in [2.45, 2.75) is 88.2 Å². The minimum Gasteiger partial charge on any atom is -0.411 e. The molecule has 1 aliphatic heterocycles. The number of hydrogen-bond acceptors (Lipinski definition) is 3. The van der Waals surface area contributed by atoms with Gasteiger partial charge < -0.3 is 14.3 Å². The second-order valence-electron chi connectivity index (χ2n) is 7.68. The number of alkyl halides is 1. The smallest absolute Gasteiger partial charge is 0.192 e. The summed E-state index contributed by atoms with van der Waals surface area (Å²) in [7, 11) is -1.88. The zero-order valence-corrected chi connectivity index (χ0v) is 17.5. The SMILES string of the molecule is CC[C@H](Br)[C@H]1C/C=C\C[C@H](O[Si](C)(C)C(C)(C)C)[C@H](CO)O1. The predicted molar refractivity (Wildman–Crippen MR) is 99.2 cm³/mol. The van der Waals surface area contributed by atoms with Crippen molar-refractivity contribution in [3.8, 4) is 0 Å². The first-order chi connectivity index (χ1) is 10.1. The minimum atomic E-state index is -1.88. The molecule has 130 valence electrons. The summed E-state index contributed by atoms with van der Waals surface area (Å²) >= 11 is 3.70. The summed E-state index contributed by atoms with van der Waals surface area (Å²) in [6, 6.07) is 0. The lowest BCUT2D eigenvalue weighted by Crippen LogP contribution is -2.49. The summed E-state index contributed by atoms with van der Waals surface area (Å²) < 4.78 is 12.7. The number of rotatable bonds is 5. The van der Waals surface area contributed by atoms with Gasteiger partial charge in [0.05, 0.1) is 18.8 Å². The van der Waals surface area contributed by atoms with Gasteiger partial charge in [0.15, 0.2) is 8.32 Å². The Morgan fingerprint density at radius 2 is 1.91 bits per heavy atom. The van der Waals surface area contributed by atoms with Crippen LogP contribution in [0.3, 0.4) is 0 Å². The first-order valence-electron chi connectivity index (χ1n) is 8.35. The highest BCUT2D eigenvalue weighted by atomic mass is 79.9. The molecule has 4 atom stereocenters. The Labute approximate surface area is 145 Å². The van der Waals surface area contributed by atoms with E-state index in [9.17, 15) is 5.11 Å². The minimum absolute atomic E-state index is 0.00701. The van der Waals surface area contributed by atoms with E-state index < -0.39 is 8.32 Å². The predicted octanol–water partition coefficient (Wildman–Crippen LogP) is 4.65. The van der Waals surface area contributed by atoms with Gasteiger partial charge in [0, 0.05) is 4.83 Å². The van der Waals surface area contributed by atoms with E-state index in [0.717, 1.165) is 19.3 Å². The van der Waals surface area contributed by atoms with Gasteiger partial charge in [-0.3, -0.25) is 0 Å². The molecular weight excluding hydrogens is 360 g/mol. The Morgan fingerprint density at radius 1 is 1.32 bits per heavy atom. The van der Waals surface area contributed by atoms with Crippen LogP contribution in [-0.4, -0.2) is 43.2 Å². The Balaban J connectivity index is 2.89. The zero-order chi connectivity index (χ0) is 17.0. The maximum absolute atomic E-state index is 9.82. The van der Waals surface area contributed by atoms with Crippen LogP contribution in [0.2, 0.25) is 18.1 Å². The van der Waals surface area contributed by atoms with Gasteiger partial charge in [0.25, 0.3) is 0 Å². The van der Waals surface area contributed by atoms with Crippen LogP contribution in [0, 0.1) is 0 Å². The van der Waals surface area contributed by atoms with E-state index in [1.54, 1.807) is 0 Å². The van der Waals surface area contributed by atoms with E-state index in [1.807, 2.05) is 0 Å². The van der Waals surface area contributed by atoms with Crippen molar-refractivity contribution in [2.24, 2.45) is 0 Å². The van der Waals surface area contributed by atoms with Gasteiger partial charge in [0.1, 0.15) is 6.10 Å². The third kappa shape index (κ3) is 5.44. The molecule has 0 unspecified atom stereocenters. The molecule has 0 radical (unpaired) electrons. The molecular formula is C17H33BrO3Si. The topological polar surface area (TPSA) is 38.7 Å². The summed E-state index contributed by atoms with van der Waals surface area (Å²) in [6.07, 6.45) is 6.83. The highest BCUT2D eigenvalue weighted by molar-refractivity contribution is 9.09. The molecule has 3 nitrogen and oxygen atoms in total. The van der Waals surface area contributed by atoms with Gasteiger partial charge >= 0.3 is 0 Å². The fourth-order valence-electron chi connectivity index (χ4n) is 2.32. The second-order valence-corrected chi connectivity index (χ2v) is 13.6. The highest BCUT2D eigenvalue weighted by Crippen LogP contribution is 2.38. The Kier molecular flexibility index (Phi) is 7.80. The molecule has 0 saturated carbocycles. The van der Waals surface area contributed by atoms with E-state index in [4.69, 9.17) is 9.16 Å². The van der Waals surface area contributed by atoms with Gasteiger partial charge in [-0.25, -0.2) is 0 Å². The van der Waals surface area contributed by atoms with Crippen LogP contribution in [0.1, 0.15) is 47.0 Å². The van der Waals surface area contributed by atoms with Gasteiger partial charge in [-0.2, -0.15) is 0 Å². The molecule has 22 heavy (non-hydrogen) atoms. The lowest BCUT2D eigenvalue weighted by atomic mass is 10.0. The van der Waals surface area contributed by atoms with Gasteiger partial charge in [0.2, 0.25) is 0 Å². The first kappa shape index (κ1) is 20.4. The van der Waals surface area contributed by atoms with Crippen molar-refractivity contribution in [1.29, 1.82) is 0 Å². The van der Waals surface area contributed by atoms with Crippen LogP contribution in [-0.2, 0) is 9.16 Å². The van der Waals surface area contributed by atoms with E-state index in [2.05, 4.69) is 68.9 Å². The quantitative estimate of drug-likeness (QED) is 0.420. The Morgan fingerprint density at radius 3 is 2.41 bits per heavy atom. The third-order valence-corrected chi connectivity index (χ3v) is 10.6. The van der Waals surface area contributed by atoms with Crippen LogP contribution < -0.4 is 0 Å². The molecule has 0 spiro atoms. The molecule has 1 rings (SSSR count). The fraction of sp³-hybridized carbons (Fsp3) is 0.882. The lowest BCUT2D eigenvalue weighted by molar-refractivity contribution is -0.0930. The highest BCUT2D eigenvalue weighted by Gasteiger charge is 2.41. The van der Waals surface area contributed by atoms with Crippen molar-refractivity contribution < 1.29 is 14.3 Å². The maximum atomic E-state index is 9.82. The van der Waals surface area contributed by atoms with Crippen LogP contribution >= 0.6 is 15.9 Å². The second kappa shape index (κ2) is 8.43. The van der Waals surface area contributed by atoms with Gasteiger partial charge in [-0.05, 0) is 37.4 Å². The average molecular weight is 393 g/mol. The van der Waals surface area contributed by atoms with Crippen LogP contribution in [0.15, 0.2) is 12.2 Å².